The fourth-order valence-corrected chi connectivity index (χ4v) is 2.41. The van der Waals surface area contributed by atoms with E-state index in [0.717, 1.165) is 36.1 Å². The van der Waals surface area contributed by atoms with Gasteiger partial charge in [-0.1, -0.05) is 22.9 Å². The predicted octanol–water partition coefficient (Wildman–Crippen LogP) is 3.20. The van der Waals surface area contributed by atoms with E-state index in [4.69, 9.17) is 0 Å². The summed E-state index contributed by atoms with van der Waals surface area (Å²) in [5, 5.41) is 4.02. The second-order valence-electron chi connectivity index (χ2n) is 3.60. The first-order valence-corrected chi connectivity index (χ1v) is 7.91. The van der Waals surface area contributed by atoms with E-state index in [1.54, 1.807) is 0 Å². The number of nitrogens with one attached hydrogen (secondary N) is 1. The van der Waals surface area contributed by atoms with Crippen LogP contribution in [0, 0.1) is 0 Å². The lowest BCUT2D eigenvalue weighted by Gasteiger charge is -2.13. The zero-order valence-electron chi connectivity index (χ0n) is 9.72. The Balaban J connectivity index is 3.40. The summed E-state index contributed by atoms with van der Waals surface area (Å²) in [5.41, 5.74) is 0. The molecular formula is C11H22BrNOS. The Hall–Kier alpha value is 0.300. The number of amides is 1. The molecule has 0 aromatic carbocycles. The largest absolute Gasteiger partial charge is 0.354 e. The summed E-state index contributed by atoms with van der Waals surface area (Å²) >= 11 is 5.29. The van der Waals surface area contributed by atoms with E-state index in [1.165, 1.54) is 0 Å². The number of rotatable bonds is 9. The zero-order chi connectivity index (χ0) is 11.5. The molecule has 0 rings (SSSR count). The van der Waals surface area contributed by atoms with Crippen LogP contribution in [0.4, 0.5) is 0 Å². The van der Waals surface area contributed by atoms with Gasteiger partial charge in [0.15, 0.2) is 0 Å². The van der Waals surface area contributed by atoms with Gasteiger partial charge in [0, 0.05) is 17.8 Å². The first kappa shape index (κ1) is 15.3. The first-order chi connectivity index (χ1) is 7.20. The molecule has 0 fully saturated rings. The topological polar surface area (TPSA) is 29.1 Å². The van der Waals surface area contributed by atoms with Gasteiger partial charge in [0.25, 0.3) is 0 Å². The van der Waals surface area contributed by atoms with Crippen LogP contribution in [-0.4, -0.2) is 28.8 Å². The quantitative estimate of drug-likeness (QED) is 0.523. The molecule has 1 amide bonds. The van der Waals surface area contributed by atoms with Crippen LogP contribution in [0.15, 0.2) is 0 Å². The summed E-state index contributed by atoms with van der Waals surface area (Å²) in [6.45, 7) is 4.24. The highest BCUT2D eigenvalue weighted by Crippen LogP contribution is 2.04. The third-order valence-corrected chi connectivity index (χ3v) is 3.59. The molecule has 0 aliphatic heterocycles. The lowest BCUT2D eigenvalue weighted by Crippen LogP contribution is -2.32. The smallest absolute Gasteiger partial charge is 0.220 e. The maximum absolute atomic E-state index is 11.4. The summed E-state index contributed by atoms with van der Waals surface area (Å²) in [7, 11) is 0. The molecule has 0 aromatic heterocycles. The van der Waals surface area contributed by atoms with Gasteiger partial charge in [0.1, 0.15) is 0 Å². The van der Waals surface area contributed by atoms with Crippen molar-refractivity contribution in [2.75, 3.05) is 16.8 Å². The van der Waals surface area contributed by atoms with E-state index in [2.05, 4.69) is 35.1 Å². The summed E-state index contributed by atoms with van der Waals surface area (Å²) in [6.07, 6.45) is 3.79. The highest BCUT2D eigenvalue weighted by molar-refractivity contribution is 9.09. The number of alkyl halides is 1. The molecule has 0 spiro atoms. The molecular weight excluding hydrogens is 274 g/mol. The van der Waals surface area contributed by atoms with Crippen LogP contribution in [0.25, 0.3) is 0 Å². The molecule has 1 N–H and O–H groups in total. The maximum Gasteiger partial charge on any atom is 0.220 e. The standard InChI is InChI=1S/C11H22BrNOS/c1-3-15-9-7-10(2)13-11(14)6-4-5-8-12/h10H,3-9H2,1-2H3,(H,13,14). The fourth-order valence-electron chi connectivity index (χ4n) is 1.20. The summed E-state index contributed by atoms with van der Waals surface area (Å²) in [6, 6.07) is 0.320. The van der Waals surface area contributed by atoms with Crippen molar-refractivity contribution in [3.8, 4) is 0 Å². The van der Waals surface area contributed by atoms with Crippen molar-refractivity contribution in [2.45, 2.75) is 45.6 Å². The van der Waals surface area contributed by atoms with E-state index < -0.39 is 0 Å². The van der Waals surface area contributed by atoms with Gasteiger partial charge in [-0.15, -0.1) is 0 Å². The lowest BCUT2D eigenvalue weighted by atomic mass is 10.2. The van der Waals surface area contributed by atoms with E-state index in [0.29, 0.717) is 12.5 Å². The second kappa shape index (κ2) is 10.8. The second-order valence-corrected chi connectivity index (χ2v) is 5.79. The Kier molecular flexibility index (Phi) is 11.0. The number of carbonyl (C=O) groups excluding carboxylic acids is 1. The van der Waals surface area contributed by atoms with Gasteiger partial charge in [-0.05, 0) is 37.7 Å². The molecule has 2 nitrogen and oxygen atoms in total. The monoisotopic (exact) mass is 295 g/mol. The molecule has 0 bridgehead atoms. The fraction of sp³-hybridized carbons (Fsp3) is 0.909. The van der Waals surface area contributed by atoms with Gasteiger partial charge < -0.3 is 5.32 Å². The van der Waals surface area contributed by atoms with Crippen molar-refractivity contribution in [3.63, 3.8) is 0 Å². The molecule has 0 aliphatic carbocycles. The van der Waals surface area contributed by atoms with Crippen LogP contribution in [-0.2, 0) is 4.79 Å². The van der Waals surface area contributed by atoms with Crippen molar-refractivity contribution in [1.29, 1.82) is 0 Å². The third-order valence-electron chi connectivity index (χ3n) is 2.09. The number of hydrogen-bond acceptors (Lipinski definition) is 2. The van der Waals surface area contributed by atoms with Crippen LogP contribution in [0.1, 0.15) is 39.5 Å². The molecule has 0 radical (unpaired) electrons. The molecule has 0 saturated heterocycles. The normalized spacial score (nSPS) is 12.5. The molecule has 15 heavy (non-hydrogen) atoms. The zero-order valence-corrected chi connectivity index (χ0v) is 12.1. The number of carbonyl (C=O) groups is 1. The molecule has 0 saturated carbocycles. The Morgan fingerprint density at radius 3 is 2.80 bits per heavy atom. The Morgan fingerprint density at radius 2 is 2.20 bits per heavy atom. The van der Waals surface area contributed by atoms with Crippen LogP contribution < -0.4 is 5.32 Å². The molecule has 90 valence electrons. The molecule has 4 heteroatoms. The van der Waals surface area contributed by atoms with Crippen molar-refractivity contribution in [3.05, 3.63) is 0 Å². The first-order valence-electron chi connectivity index (χ1n) is 5.63. The van der Waals surface area contributed by atoms with E-state index in [-0.39, 0.29) is 5.91 Å². The molecule has 0 aliphatic rings. The van der Waals surface area contributed by atoms with Gasteiger partial charge in [-0.3, -0.25) is 4.79 Å². The van der Waals surface area contributed by atoms with Gasteiger partial charge in [-0.2, -0.15) is 11.8 Å². The molecule has 0 heterocycles. The van der Waals surface area contributed by atoms with Crippen LogP contribution >= 0.6 is 27.7 Å². The maximum atomic E-state index is 11.4. The van der Waals surface area contributed by atoms with E-state index >= 15 is 0 Å². The van der Waals surface area contributed by atoms with E-state index in [9.17, 15) is 4.79 Å². The summed E-state index contributed by atoms with van der Waals surface area (Å²) < 4.78 is 0. The van der Waals surface area contributed by atoms with Gasteiger partial charge in [0.2, 0.25) is 5.91 Å². The van der Waals surface area contributed by atoms with Crippen molar-refractivity contribution < 1.29 is 4.79 Å². The third kappa shape index (κ3) is 10.6. The Bertz CT molecular complexity index is 167. The average Bonchev–Trinajstić information content (AvgIpc) is 2.18. The number of hydrogen-bond donors (Lipinski definition) is 1. The van der Waals surface area contributed by atoms with Crippen molar-refractivity contribution >= 4 is 33.6 Å². The Labute approximate surface area is 106 Å². The van der Waals surface area contributed by atoms with E-state index in [1.807, 2.05) is 11.8 Å². The molecule has 1 atom stereocenters. The summed E-state index contributed by atoms with van der Waals surface area (Å²) in [4.78, 5) is 11.4. The van der Waals surface area contributed by atoms with Gasteiger partial charge in [-0.25, -0.2) is 0 Å². The number of unbranched alkanes of at least 4 members (excludes halogenated alkanes) is 1. The van der Waals surface area contributed by atoms with Crippen LogP contribution in [0.2, 0.25) is 0 Å². The van der Waals surface area contributed by atoms with Crippen LogP contribution in [0.3, 0.4) is 0 Å². The highest BCUT2D eigenvalue weighted by Gasteiger charge is 2.06. The summed E-state index contributed by atoms with van der Waals surface area (Å²) in [5.74, 6) is 2.50. The van der Waals surface area contributed by atoms with Crippen LogP contribution in [0.5, 0.6) is 0 Å². The SMILES string of the molecule is CCSCCC(C)NC(=O)CCCCBr. The van der Waals surface area contributed by atoms with Gasteiger partial charge >= 0.3 is 0 Å². The highest BCUT2D eigenvalue weighted by atomic mass is 79.9. The minimum Gasteiger partial charge on any atom is -0.354 e. The van der Waals surface area contributed by atoms with Crippen molar-refractivity contribution in [2.24, 2.45) is 0 Å². The Morgan fingerprint density at radius 1 is 1.47 bits per heavy atom. The lowest BCUT2D eigenvalue weighted by molar-refractivity contribution is -0.121. The number of thioether (sulfide) groups is 1. The minimum atomic E-state index is 0.199. The molecule has 1 unspecified atom stereocenters. The van der Waals surface area contributed by atoms with Crippen molar-refractivity contribution in [1.82, 2.24) is 5.32 Å². The predicted molar refractivity (Wildman–Crippen MR) is 72.9 cm³/mol. The number of halogens is 1. The average molecular weight is 296 g/mol. The molecule has 0 aromatic rings. The van der Waals surface area contributed by atoms with Gasteiger partial charge in [0.05, 0.1) is 0 Å². The minimum absolute atomic E-state index is 0.199.